The number of fused-ring (bicyclic) bond motifs is 2. The predicted molar refractivity (Wildman–Crippen MR) is 123 cm³/mol. The summed E-state index contributed by atoms with van der Waals surface area (Å²) in [4.78, 5) is 11.8. The van der Waals surface area contributed by atoms with Crippen LogP contribution in [0.1, 0.15) is 41.6 Å². The van der Waals surface area contributed by atoms with Gasteiger partial charge in [0.25, 0.3) is 0 Å². The lowest BCUT2D eigenvalue weighted by Gasteiger charge is -2.33. The van der Waals surface area contributed by atoms with Crippen LogP contribution in [-0.2, 0) is 13.0 Å². The van der Waals surface area contributed by atoms with Crippen molar-refractivity contribution < 1.29 is 0 Å². The van der Waals surface area contributed by atoms with Gasteiger partial charge in [-0.25, -0.2) is 0 Å². The van der Waals surface area contributed by atoms with Gasteiger partial charge in [-0.3, -0.25) is 14.9 Å². The third kappa shape index (κ3) is 4.01. The molecule has 1 aliphatic heterocycles. The Morgan fingerprint density at radius 3 is 2.87 bits per heavy atom. The molecule has 3 aliphatic rings. The van der Waals surface area contributed by atoms with Crippen LogP contribution in [-0.4, -0.2) is 28.0 Å². The molecular formula is C26H28ClN3. The Hall–Kier alpha value is -2.23. The Labute approximate surface area is 184 Å². The van der Waals surface area contributed by atoms with Crippen molar-refractivity contribution in [3.05, 3.63) is 88.0 Å². The van der Waals surface area contributed by atoms with Crippen molar-refractivity contribution in [3.8, 4) is 0 Å². The minimum Gasteiger partial charge on any atom is -0.298 e. The van der Waals surface area contributed by atoms with Crippen LogP contribution in [0.5, 0.6) is 0 Å². The van der Waals surface area contributed by atoms with E-state index in [4.69, 9.17) is 16.6 Å². The van der Waals surface area contributed by atoms with Gasteiger partial charge in [0, 0.05) is 49.2 Å². The van der Waals surface area contributed by atoms with Crippen molar-refractivity contribution in [1.82, 2.24) is 14.9 Å². The van der Waals surface area contributed by atoms with Gasteiger partial charge < -0.3 is 0 Å². The zero-order valence-corrected chi connectivity index (χ0v) is 18.3. The average molecular weight is 418 g/mol. The third-order valence-electron chi connectivity index (χ3n) is 6.70. The molecular weight excluding hydrogens is 390 g/mol. The molecule has 0 bridgehead atoms. The van der Waals surface area contributed by atoms with Crippen LogP contribution < -0.4 is 0 Å². The molecule has 5 rings (SSSR count). The van der Waals surface area contributed by atoms with Crippen LogP contribution >= 0.6 is 11.6 Å². The topological polar surface area (TPSA) is 29.0 Å². The Bertz CT molecular complexity index is 1030. The summed E-state index contributed by atoms with van der Waals surface area (Å²) in [6.45, 7) is 5.27. The first-order chi connectivity index (χ1) is 14.7. The predicted octanol–water partition coefficient (Wildman–Crippen LogP) is 5.71. The highest BCUT2D eigenvalue weighted by molar-refractivity contribution is 6.31. The van der Waals surface area contributed by atoms with Gasteiger partial charge in [-0.05, 0) is 72.9 Å². The maximum absolute atomic E-state index is 6.37. The maximum Gasteiger partial charge on any atom is 0.0699 e. The number of rotatable bonds is 2. The number of nitrogens with zero attached hydrogens (tertiary/aromatic N) is 3. The zero-order valence-electron chi connectivity index (χ0n) is 17.5. The van der Waals surface area contributed by atoms with Gasteiger partial charge >= 0.3 is 0 Å². The zero-order chi connectivity index (χ0) is 20.5. The van der Waals surface area contributed by atoms with E-state index in [0.29, 0.717) is 11.8 Å². The summed E-state index contributed by atoms with van der Waals surface area (Å²) in [5.74, 6) is 0.863. The minimum atomic E-state index is 0.395. The number of halogens is 1. The van der Waals surface area contributed by atoms with Gasteiger partial charge in [-0.15, -0.1) is 0 Å². The quantitative estimate of drug-likeness (QED) is 0.627. The lowest BCUT2D eigenvalue weighted by Crippen LogP contribution is -2.31. The van der Waals surface area contributed by atoms with E-state index in [1.54, 1.807) is 5.57 Å². The van der Waals surface area contributed by atoms with E-state index in [1.807, 2.05) is 18.6 Å². The molecule has 3 nitrogen and oxygen atoms in total. The molecule has 0 N–H and O–H groups in total. The second kappa shape index (κ2) is 8.49. The normalized spacial score (nSPS) is 24.1. The first-order valence-corrected chi connectivity index (χ1v) is 11.4. The number of pyridine rings is 2. The highest BCUT2D eigenvalue weighted by Gasteiger charge is 2.32. The molecule has 2 aromatic rings. The van der Waals surface area contributed by atoms with Crippen LogP contribution in [0.15, 0.2) is 65.6 Å². The fourth-order valence-electron chi connectivity index (χ4n) is 5.25. The monoisotopic (exact) mass is 417 g/mol. The summed E-state index contributed by atoms with van der Waals surface area (Å²) in [5, 5.41) is 0.876. The summed E-state index contributed by atoms with van der Waals surface area (Å²) >= 11 is 6.37. The number of aryl methyl sites for hydroxylation is 2. The lowest BCUT2D eigenvalue weighted by atomic mass is 9.78. The Kier molecular flexibility index (Phi) is 5.58. The fraction of sp³-hybridized carbons (Fsp3) is 0.385. The summed E-state index contributed by atoms with van der Waals surface area (Å²) in [6, 6.07) is 6.59. The van der Waals surface area contributed by atoms with E-state index in [2.05, 4.69) is 53.2 Å². The molecule has 0 aromatic carbocycles. The molecule has 4 heteroatoms. The van der Waals surface area contributed by atoms with Gasteiger partial charge in [-0.2, -0.15) is 0 Å². The number of aromatic nitrogens is 2. The maximum atomic E-state index is 6.37. The van der Waals surface area contributed by atoms with Crippen LogP contribution in [0, 0.1) is 18.8 Å². The van der Waals surface area contributed by atoms with E-state index in [0.717, 1.165) is 50.3 Å². The molecule has 2 unspecified atom stereocenters. The fourth-order valence-corrected chi connectivity index (χ4v) is 5.49. The molecule has 3 heterocycles. The number of piperidine rings is 1. The van der Waals surface area contributed by atoms with Crippen molar-refractivity contribution >= 4 is 17.2 Å². The standard InChI is InChI=1S/C26H28ClN3/c1-18-13-19(16-28-15-18)17-30-11-8-20(9-12-30)25-24-7-6-23(27)14-22(24)5-4-21-3-2-10-29-26(21)25/h2-3,6-7,10,13-16,22,24H,4-5,8-9,11-12,17H2,1H3. The smallest absolute Gasteiger partial charge is 0.0699 e. The first kappa shape index (κ1) is 19.7. The van der Waals surface area contributed by atoms with Crippen molar-refractivity contribution in [1.29, 1.82) is 0 Å². The van der Waals surface area contributed by atoms with Gasteiger partial charge in [0.15, 0.2) is 0 Å². The van der Waals surface area contributed by atoms with Gasteiger partial charge in [0.05, 0.1) is 5.69 Å². The molecule has 154 valence electrons. The molecule has 2 aliphatic carbocycles. The van der Waals surface area contributed by atoms with Crippen molar-refractivity contribution in [2.45, 2.75) is 39.2 Å². The average Bonchev–Trinajstić information content (AvgIpc) is 2.91. The molecule has 2 atom stereocenters. The molecule has 1 saturated heterocycles. The summed E-state index contributed by atoms with van der Waals surface area (Å²) < 4.78 is 0. The minimum absolute atomic E-state index is 0.395. The third-order valence-corrected chi connectivity index (χ3v) is 6.95. The molecule has 0 amide bonds. The second-order valence-electron chi connectivity index (χ2n) is 8.81. The van der Waals surface area contributed by atoms with E-state index in [9.17, 15) is 0 Å². The molecule has 0 saturated carbocycles. The van der Waals surface area contributed by atoms with Crippen LogP contribution in [0.2, 0.25) is 0 Å². The summed E-state index contributed by atoms with van der Waals surface area (Å²) in [5.41, 5.74) is 8.22. The molecule has 0 spiro atoms. The number of hydrogen-bond acceptors (Lipinski definition) is 3. The Morgan fingerprint density at radius 2 is 2.03 bits per heavy atom. The molecule has 2 aromatic heterocycles. The van der Waals surface area contributed by atoms with Crippen LogP contribution in [0.4, 0.5) is 0 Å². The highest BCUT2D eigenvalue weighted by atomic mass is 35.5. The van der Waals surface area contributed by atoms with E-state index in [1.165, 1.54) is 28.0 Å². The van der Waals surface area contributed by atoms with Gasteiger partial charge in [-0.1, -0.05) is 41.5 Å². The molecule has 1 fully saturated rings. The van der Waals surface area contributed by atoms with Crippen molar-refractivity contribution in [3.63, 3.8) is 0 Å². The lowest BCUT2D eigenvalue weighted by molar-refractivity contribution is 0.248. The molecule has 30 heavy (non-hydrogen) atoms. The van der Waals surface area contributed by atoms with Crippen LogP contribution in [0.3, 0.4) is 0 Å². The summed E-state index contributed by atoms with van der Waals surface area (Å²) in [6.07, 6.45) is 17.0. The largest absolute Gasteiger partial charge is 0.298 e. The van der Waals surface area contributed by atoms with Crippen molar-refractivity contribution in [2.24, 2.45) is 11.8 Å². The summed E-state index contributed by atoms with van der Waals surface area (Å²) in [7, 11) is 0. The van der Waals surface area contributed by atoms with E-state index < -0.39 is 0 Å². The highest BCUT2D eigenvalue weighted by Crippen LogP contribution is 2.44. The van der Waals surface area contributed by atoms with E-state index >= 15 is 0 Å². The van der Waals surface area contributed by atoms with E-state index in [-0.39, 0.29) is 0 Å². The number of hydrogen-bond donors (Lipinski definition) is 0. The van der Waals surface area contributed by atoms with Gasteiger partial charge in [0.2, 0.25) is 0 Å². The Balaban J connectivity index is 1.43. The Morgan fingerprint density at radius 1 is 1.17 bits per heavy atom. The number of likely N-dealkylation sites (tertiary alicyclic amines) is 1. The van der Waals surface area contributed by atoms with Crippen LogP contribution in [0.25, 0.3) is 5.57 Å². The van der Waals surface area contributed by atoms with Gasteiger partial charge in [0.1, 0.15) is 0 Å². The van der Waals surface area contributed by atoms with Crippen molar-refractivity contribution in [2.75, 3.05) is 13.1 Å². The SMILES string of the molecule is Cc1cncc(CN2CCC(=C3c4ncccc4CCC4C=C(Cl)C=CC34)CC2)c1. The second-order valence-corrected chi connectivity index (χ2v) is 9.25. The number of allylic oxidation sites excluding steroid dienone is 5. The first-order valence-electron chi connectivity index (χ1n) is 11.0. The molecule has 0 radical (unpaired) electrons.